The maximum absolute atomic E-state index is 3.48. The number of nitrogens with zero attached hydrogens (tertiary/aromatic N) is 1. The number of fused-ring (bicyclic) bond motifs is 1. The summed E-state index contributed by atoms with van der Waals surface area (Å²) in [5.41, 5.74) is 4.37. The van der Waals surface area contributed by atoms with Crippen LogP contribution in [0.3, 0.4) is 0 Å². The Bertz CT molecular complexity index is 372. The topological polar surface area (TPSA) is 15.3 Å². The first-order valence-corrected chi connectivity index (χ1v) is 6.58. The van der Waals surface area contributed by atoms with Gasteiger partial charge >= 0.3 is 0 Å². The first kappa shape index (κ1) is 12.4. The minimum absolute atomic E-state index is 0.762. The molecule has 1 fully saturated rings. The lowest BCUT2D eigenvalue weighted by Gasteiger charge is -2.22. The molecule has 0 aromatic carbocycles. The zero-order valence-corrected chi connectivity index (χ0v) is 11.5. The highest BCUT2D eigenvalue weighted by atomic mass is 15.1. The summed E-state index contributed by atoms with van der Waals surface area (Å²) in [7, 11) is 2.15. The maximum atomic E-state index is 3.48. The van der Waals surface area contributed by atoms with Crippen LogP contribution in [0.15, 0.2) is 35.2 Å². The molecule has 1 aliphatic heterocycles. The Kier molecular flexibility index (Phi) is 3.72. The molecule has 2 unspecified atom stereocenters. The van der Waals surface area contributed by atoms with Crippen molar-refractivity contribution in [3.05, 3.63) is 35.2 Å². The SMILES string of the molecule is C/C=C\N(C)C(C1=CC2CNCC2C1)=C(C)C. The molecule has 1 N–H and O–H groups in total. The summed E-state index contributed by atoms with van der Waals surface area (Å²) in [5, 5.41) is 3.48. The standard InChI is InChI=1S/C15H24N2/c1-5-6-17(4)15(11(2)3)12-7-13-9-16-10-14(13)8-12/h5-7,13-14,16H,8-10H2,1-4H3/b6-5-. The third-order valence-electron chi connectivity index (χ3n) is 3.79. The molecule has 0 bridgehead atoms. The Hall–Kier alpha value is -1.02. The highest BCUT2D eigenvalue weighted by Crippen LogP contribution is 2.38. The van der Waals surface area contributed by atoms with Gasteiger partial charge in [-0.05, 0) is 57.3 Å². The van der Waals surface area contributed by atoms with Gasteiger partial charge in [-0.15, -0.1) is 0 Å². The van der Waals surface area contributed by atoms with Crippen LogP contribution in [0.2, 0.25) is 0 Å². The lowest BCUT2D eigenvalue weighted by Crippen LogP contribution is -2.15. The summed E-state index contributed by atoms with van der Waals surface area (Å²) in [6.45, 7) is 8.84. The minimum Gasteiger partial charge on any atom is -0.351 e. The van der Waals surface area contributed by atoms with Gasteiger partial charge in [0.1, 0.15) is 0 Å². The van der Waals surface area contributed by atoms with Crippen LogP contribution in [0.25, 0.3) is 0 Å². The molecular weight excluding hydrogens is 208 g/mol. The number of hydrogen-bond acceptors (Lipinski definition) is 2. The fraction of sp³-hybridized carbons (Fsp3) is 0.600. The molecule has 0 saturated carbocycles. The normalized spacial score (nSPS) is 27.2. The van der Waals surface area contributed by atoms with Gasteiger partial charge in [0.25, 0.3) is 0 Å². The van der Waals surface area contributed by atoms with E-state index < -0.39 is 0 Å². The molecular formula is C15H24N2. The Balaban J connectivity index is 2.22. The summed E-state index contributed by atoms with van der Waals surface area (Å²) in [4.78, 5) is 2.26. The molecule has 2 aliphatic rings. The zero-order chi connectivity index (χ0) is 12.4. The van der Waals surface area contributed by atoms with Gasteiger partial charge in [0, 0.05) is 19.3 Å². The lowest BCUT2D eigenvalue weighted by molar-refractivity contribution is 0.515. The van der Waals surface area contributed by atoms with Crippen LogP contribution in [-0.2, 0) is 0 Å². The second kappa shape index (κ2) is 5.09. The van der Waals surface area contributed by atoms with E-state index in [1.54, 1.807) is 5.57 Å². The quantitative estimate of drug-likeness (QED) is 0.805. The van der Waals surface area contributed by atoms with Crippen LogP contribution < -0.4 is 5.32 Å². The molecule has 2 rings (SSSR count). The summed E-state index contributed by atoms with van der Waals surface area (Å²) in [5.74, 6) is 1.59. The van der Waals surface area contributed by atoms with Crippen molar-refractivity contribution in [2.45, 2.75) is 27.2 Å². The van der Waals surface area contributed by atoms with Crippen molar-refractivity contribution in [2.24, 2.45) is 11.8 Å². The maximum Gasteiger partial charge on any atom is 0.0419 e. The van der Waals surface area contributed by atoms with Crippen LogP contribution in [0.5, 0.6) is 0 Å². The summed E-state index contributed by atoms with van der Waals surface area (Å²) in [6, 6.07) is 0. The monoisotopic (exact) mass is 232 g/mol. The molecule has 1 saturated heterocycles. The number of nitrogens with one attached hydrogen (secondary N) is 1. The van der Waals surface area contributed by atoms with Crippen LogP contribution in [-0.4, -0.2) is 25.0 Å². The van der Waals surface area contributed by atoms with Crippen molar-refractivity contribution < 1.29 is 0 Å². The van der Waals surface area contributed by atoms with Crippen molar-refractivity contribution in [3.8, 4) is 0 Å². The summed E-state index contributed by atoms with van der Waals surface area (Å²) >= 11 is 0. The molecule has 2 nitrogen and oxygen atoms in total. The highest BCUT2D eigenvalue weighted by Gasteiger charge is 2.33. The second-order valence-electron chi connectivity index (χ2n) is 5.42. The van der Waals surface area contributed by atoms with E-state index in [1.807, 2.05) is 0 Å². The van der Waals surface area contributed by atoms with E-state index in [0.29, 0.717) is 0 Å². The van der Waals surface area contributed by atoms with Crippen LogP contribution in [0, 0.1) is 11.8 Å². The van der Waals surface area contributed by atoms with Crippen molar-refractivity contribution in [2.75, 3.05) is 20.1 Å². The number of likely N-dealkylation sites (N-methyl/N-ethyl adjacent to an activating group) is 1. The molecule has 17 heavy (non-hydrogen) atoms. The van der Waals surface area contributed by atoms with Gasteiger partial charge in [0.05, 0.1) is 0 Å². The van der Waals surface area contributed by atoms with E-state index >= 15 is 0 Å². The fourth-order valence-electron chi connectivity index (χ4n) is 3.16. The molecule has 1 aliphatic carbocycles. The average Bonchev–Trinajstić information content (AvgIpc) is 2.77. The van der Waals surface area contributed by atoms with E-state index in [1.165, 1.54) is 24.2 Å². The predicted octanol–water partition coefficient (Wildman–Crippen LogP) is 2.91. The molecule has 94 valence electrons. The van der Waals surface area contributed by atoms with Crippen molar-refractivity contribution in [1.82, 2.24) is 10.2 Å². The van der Waals surface area contributed by atoms with Crippen LogP contribution in [0.4, 0.5) is 0 Å². The largest absolute Gasteiger partial charge is 0.351 e. The summed E-state index contributed by atoms with van der Waals surface area (Å²) < 4.78 is 0. The predicted molar refractivity (Wildman–Crippen MR) is 73.5 cm³/mol. The second-order valence-corrected chi connectivity index (χ2v) is 5.42. The Morgan fingerprint density at radius 1 is 1.41 bits per heavy atom. The molecule has 0 spiro atoms. The molecule has 0 aromatic rings. The van der Waals surface area contributed by atoms with Crippen LogP contribution in [0.1, 0.15) is 27.2 Å². The first-order chi connectivity index (χ1) is 8.13. The average molecular weight is 232 g/mol. The first-order valence-electron chi connectivity index (χ1n) is 6.58. The number of allylic oxidation sites excluding steroid dienone is 3. The third kappa shape index (κ3) is 2.47. The minimum atomic E-state index is 0.762. The van der Waals surface area contributed by atoms with Gasteiger partial charge in [-0.25, -0.2) is 0 Å². The Morgan fingerprint density at radius 3 is 2.76 bits per heavy atom. The lowest BCUT2D eigenvalue weighted by atomic mass is 9.99. The van der Waals surface area contributed by atoms with Gasteiger partial charge in [-0.2, -0.15) is 0 Å². The molecule has 1 heterocycles. The summed E-state index contributed by atoms with van der Waals surface area (Å²) in [6.07, 6.45) is 7.98. The van der Waals surface area contributed by atoms with Gasteiger partial charge in [0.2, 0.25) is 0 Å². The van der Waals surface area contributed by atoms with E-state index in [2.05, 4.69) is 56.4 Å². The molecule has 0 amide bonds. The highest BCUT2D eigenvalue weighted by molar-refractivity contribution is 5.38. The Morgan fingerprint density at radius 2 is 2.18 bits per heavy atom. The number of hydrogen-bond donors (Lipinski definition) is 1. The van der Waals surface area contributed by atoms with E-state index in [-0.39, 0.29) is 0 Å². The van der Waals surface area contributed by atoms with Gasteiger partial charge in [-0.1, -0.05) is 17.7 Å². The fourth-order valence-corrected chi connectivity index (χ4v) is 3.16. The van der Waals surface area contributed by atoms with Gasteiger partial charge in [0.15, 0.2) is 0 Å². The molecule has 2 atom stereocenters. The van der Waals surface area contributed by atoms with E-state index in [4.69, 9.17) is 0 Å². The van der Waals surface area contributed by atoms with E-state index in [9.17, 15) is 0 Å². The Labute approximate surface area is 105 Å². The van der Waals surface area contributed by atoms with Gasteiger partial charge in [-0.3, -0.25) is 0 Å². The smallest absolute Gasteiger partial charge is 0.0419 e. The van der Waals surface area contributed by atoms with Crippen molar-refractivity contribution >= 4 is 0 Å². The van der Waals surface area contributed by atoms with E-state index in [0.717, 1.165) is 18.4 Å². The molecule has 0 aromatic heterocycles. The zero-order valence-electron chi connectivity index (χ0n) is 11.5. The molecule has 0 radical (unpaired) electrons. The van der Waals surface area contributed by atoms with Crippen molar-refractivity contribution in [3.63, 3.8) is 0 Å². The van der Waals surface area contributed by atoms with Crippen LogP contribution >= 0.6 is 0 Å². The molecule has 2 heteroatoms. The van der Waals surface area contributed by atoms with Crippen molar-refractivity contribution in [1.29, 1.82) is 0 Å². The van der Waals surface area contributed by atoms with Gasteiger partial charge < -0.3 is 10.2 Å². The third-order valence-corrected chi connectivity index (χ3v) is 3.79. The number of rotatable bonds is 3.